The monoisotopic (exact) mass is 324 g/mol. The van der Waals surface area contributed by atoms with Gasteiger partial charge in [-0.1, -0.05) is 43.3 Å². The molecule has 1 rings (SSSR count). The van der Waals surface area contributed by atoms with Crippen molar-refractivity contribution >= 4 is 15.8 Å². The van der Waals surface area contributed by atoms with Crippen molar-refractivity contribution in [2.24, 2.45) is 5.92 Å². The predicted molar refractivity (Wildman–Crippen MR) is 89.0 cm³/mol. The van der Waals surface area contributed by atoms with Crippen LogP contribution in [0.2, 0.25) is 0 Å². The van der Waals surface area contributed by atoms with Gasteiger partial charge in [-0.05, 0) is 24.8 Å². The second-order valence-corrected chi connectivity index (χ2v) is 7.63. The minimum atomic E-state index is -2.86. The van der Waals surface area contributed by atoms with Crippen molar-refractivity contribution in [3.63, 3.8) is 0 Å². The van der Waals surface area contributed by atoms with Crippen LogP contribution in [0.25, 0.3) is 0 Å². The van der Waals surface area contributed by atoms with Gasteiger partial charge >= 0.3 is 6.09 Å². The van der Waals surface area contributed by atoms with E-state index in [-0.39, 0.29) is 17.5 Å². The lowest BCUT2D eigenvalue weighted by Crippen LogP contribution is -2.32. The Morgan fingerprint density at radius 2 is 2.05 bits per heavy atom. The number of amides is 1. The fourth-order valence-electron chi connectivity index (χ4n) is 2.04. The molecular weight excluding hydrogens is 300 g/mol. The standard InChI is InChI=1S/C16H24N2O3S/c1-4-8-13(2)11-22(17,20)12-18-16(19)21-14(3)15-9-6-5-7-10-15/h4-7,9-10,13-14,17H,1,8,11-12H2,2-3H3,(H,18,19)/t13-,14-,22?/m0/s1. The van der Waals surface area contributed by atoms with Crippen molar-refractivity contribution in [2.45, 2.75) is 26.4 Å². The maximum absolute atomic E-state index is 12.1. The SMILES string of the molecule is C=CC[C@H](C)CS(=N)(=O)CNC(=O)O[C@@H](C)c1ccccc1. The van der Waals surface area contributed by atoms with E-state index in [1.165, 1.54) is 0 Å². The van der Waals surface area contributed by atoms with Gasteiger partial charge in [0.2, 0.25) is 0 Å². The second kappa shape index (κ2) is 8.58. The van der Waals surface area contributed by atoms with Crippen molar-refractivity contribution < 1.29 is 13.7 Å². The molecular formula is C16H24N2O3S. The number of hydrogen-bond acceptors (Lipinski definition) is 4. The molecule has 0 heterocycles. The Labute approximate surface area is 132 Å². The van der Waals surface area contributed by atoms with Gasteiger partial charge < -0.3 is 10.1 Å². The topological polar surface area (TPSA) is 79.3 Å². The summed E-state index contributed by atoms with van der Waals surface area (Å²) in [4.78, 5) is 11.7. The minimum absolute atomic E-state index is 0.101. The number of nitrogens with one attached hydrogen (secondary N) is 2. The Bertz CT molecular complexity index is 585. The molecule has 3 atom stereocenters. The number of carbonyl (C=O) groups excluding carboxylic acids is 1. The van der Waals surface area contributed by atoms with E-state index in [1.54, 1.807) is 13.0 Å². The molecule has 122 valence electrons. The first-order valence-corrected chi connectivity index (χ1v) is 9.08. The highest BCUT2D eigenvalue weighted by Gasteiger charge is 2.15. The zero-order valence-electron chi connectivity index (χ0n) is 13.1. The lowest BCUT2D eigenvalue weighted by molar-refractivity contribution is 0.108. The average Bonchev–Trinajstić information content (AvgIpc) is 2.46. The molecule has 2 N–H and O–H groups in total. The van der Waals surface area contributed by atoms with E-state index in [4.69, 9.17) is 9.52 Å². The lowest BCUT2D eigenvalue weighted by Gasteiger charge is -2.16. The number of benzene rings is 1. The Hall–Kier alpha value is -1.82. The number of allylic oxidation sites excluding steroid dienone is 1. The van der Waals surface area contributed by atoms with Crippen LogP contribution < -0.4 is 5.32 Å². The van der Waals surface area contributed by atoms with E-state index >= 15 is 0 Å². The normalized spacial score (nSPS) is 16.1. The number of hydrogen-bond donors (Lipinski definition) is 2. The lowest BCUT2D eigenvalue weighted by atomic mass is 10.1. The summed E-state index contributed by atoms with van der Waals surface area (Å²) in [6.45, 7) is 7.29. The van der Waals surface area contributed by atoms with Gasteiger partial charge in [-0.25, -0.2) is 9.00 Å². The summed E-state index contributed by atoms with van der Waals surface area (Å²) in [5.41, 5.74) is 0.879. The van der Waals surface area contributed by atoms with Crippen molar-refractivity contribution in [3.8, 4) is 0 Å². The van der Waals surface area contributed by atoms with Gasteiger partial charge in [-0.3, -0.25) is 4.78 Å². The molecule has 0 aliphatic heterocycles. The molecule has 1 unspecified atom stereocenters. The van der Waals surface area contributed by atoms with Crippen LogP contribution in [0.1, 0.15) is 31.9 Å². The Morgan fingerprint density at radius 1 is 1.41 bits per heavy atom. The van der Waals surface area contributed by atoms with Gasteiger partial charge in [0, 0.05) is 5.75 Å². The third kappa shape index (κ3) is 6.76. The van der Waals surface area contributed by atoms with Gasteiger partial charge in [0.25, 0.3) is 0 Å². The molecule has 0 aliphatic carbocycles. The van der Waals surface area contributed by atoms with Crippen molar-refractivity contribution in [1.29, 1.82) is 4.78 Å². The first kappa shape index (κ1) is 18.2. The maximum atomic E-state index is 12.1. The molecule has 5 nitrogen and oxygen atoms in total. The molecule has 0 aromatic heterocycles. The van der Waals surface area contributed by atoms with Crippen molar-refractivity contribution in [2.75, 3.05) is 11.6 Å². The summed E-state index contributed by atoms with van der Waals surface area (Å²) >= 11 is 0. The van der Waals surface area contributed by atoms with Gasteiger partial charge in [-0.2, -0.15) is 0 Å². The average molecular weight is 324 g/mol. The van der Waals surface area contributed by atoms with Gasteiger partial charge in [0.05, 0.1) is 9.73 Å². The fourth-order valence-corrected chi connectivity index (χ4v) is 3.57. The molecule has 6 heteroatoms. The largest absolute Gasteiger partial charge is 0.442 e. The van der Waals surface area contributed by atoms with Gasteiger partial charge in [0.15, 0.2) is 0 Å². The molecule has 0 spiro atoms. The Morgan fingerprint density at radius 3 is 2.64 bits per heavy atom. The number of carbonyl (C=O) groups is 1. The molecule has 0 saturated carbocycles. The van der Waals surface area contributed by atoms with Gasteiger partial charge in [-0.15, -0.1) is 6.58 Å². The number of alkyl carbamates (subject to hydrolysis) is 1. The van der Waals surface area contributed by atoms with Crippen LogP contribution in [0, 0.1) is 10.7 Å². The van der Waals surface area contributed by atoms with Crippen LogP contribution in [-0.2, 0) is 14.5 Å². The highest BCUT2D eigenvalue weighted by Crippen LogP contribution is 2.15. The molecule has 0 radical (unpaired) electrons. The molecule has 0 bridgehead atoms. The highest BCUT2D eigenvalue weighted by molar-refractivity contribution is 7.92. The summed E-state index contributed by atoms with van der Waals surface area (Å²) in [6.07, 6.45) is 1.38. The van der Waals surface area contributed by atoms with Crippen LogP contribution in [0.5, 0.6) is 0 Å². The zero-order valence-corrected chi connectivity index (χ0v) is 13.9. The molecule has 0 aliphatic rings. The van der Waals surface area contributed by atoms with E-state index in [0.717, 1.165) is 5.56 Å². The first-order chi connectivity index (χ1) is 10.3. The summed E-state index contributed by atoms with van der Waals surface area (Å²) in [6, 6.07) is 9.34. The maximum Gasteiger partial charge on any atom is 0.408 e. The predicted octanol–water partition coefficient (Wildman–Crippen LogP) is 3.69. The summed E-state index contributed by atoms with van der Waals surface area (Å²) in [5.74, 6) is 0.131. The summed E-state index contributed by atoms with van der Waals surface area (Å²) in [5, 5.41) is 2.42. The molecule has 22 heavy (non-hydrogen) atoms. The van der Waals surface area contributed by atoms with Crippen LogP contribution in [-0.4, -0.2) is 21.9 Å². The quantitative estimate of drug-likeness (QED) is 0.716. The molecule has 0 fully saturated rings. The molecule has 1 amide bonds. The smallest absolute Gasteiger partial charge is 0.408 e. The zero-order chi connectivity index (χ0) is 16.6. The van der Waals surface area contributed by atoms with Crippen LogP contribution in [0.4, 0.5) is 4.79 Å². The van der Waals surface area contributed by atoms with E-state index in [9.17, 15) is 9.00 Å². The number of ether oxygens (including phenoxy) is 1. The van der Waals surface area contributed by atoms with Gasteiger partial charge in [0.1, 0.15) is 12.0 Å². The second-order valence-electron chi connectivity index (χ2n) is 5.39. The first-order valence-electron chi connectivity index (χ1n) is 7.18. The van der Waals surface area contributed by atoms with E-state index < -0.39 is 21.9 Å². The molecule has 1 aromatic rings. The number of rotatable bonds is 8. The van der Waals surface area contributed by atoms with Crippen molar-refractivity contribution in [3.05, 3.63) is 48.6 Å². The van der Waals surface area contributed by atoms with Crippen LogP contribution in [0.15, 0.2) is 43.0 Å². The highest BCUT2D eigenvalue weighted by atomic mass is 32.2. The summed E-state index contributed by atoms with van der Waals surface area (Å²) < 4.78 is 25.1. The Kier molecular flexibility index (Phi) is 7.11. The Balaban J connectivity index is 2.44. The molecule has 1 aromatic carbocycles. The fraction of sp³-hybridized carbons (Fsp3) is 0.438. The van der Waals surface area contributed by atoms with E-state index in [1.807, 2.05) is 37.3 Å². The third-order valence-corrected chi connectivity index (χ3v) is 4.84. The molecule has 0 saturated heterocycles. The third-order valence-electron chi connectivity index (χ3n) is 3.13. The van der Waals surface area contributed by atoms with Crippen molar-refractivity contribution in [1.82, 2.24) is 5.32 Å². The van der Waals surface area contributed by atoms with Crippen LogP contribution >= 0.6 is 0 Å². The van der Waals surface area contributed by atoms with E-state index in [2.05, 4.69) is 11.9 Å². The van der Waals surface area contributed by atoms with E-state index in [0.29, 0.717) is 6.42 Å². The summed E-state index contributed by atoms with van der Waals surface area (Å²) in [7, 11) is -2.86. The van der Waals surface area contributed by atoms with Crippen LogP contribution in [0.3, 0.4) is 0 Å². The minimum Gasteiger partial charge on any atom is -0.442 e.